The largest absolute Gasteiger partial charge is 0.456 e. The fraction of sp³-hybridized carbons (Fsp3) is 0.800. The van der Waals surface area contributed by atoms with Gasteiger partial charge in [-0.1, -0.05) is 13.8 Å². The van der Waals surface area contributed by atoms with Crippen LogP contribution in [0.15, 0.2) is 0 Å². The van der Waals surface area contributed by atoms with Gasteiger partial charge in [0.05, 0.1) is 24.2 Å². The second kappa shape index (κ2) is 7.45. The summed E-state index contributed by atoms with van der Waals surface area (Å²) < 4.78 is 11.8. The number of hydrogen-bond acceptors (Lipinski definition) is 12. The van der Waals surface area contributed by atoms with Crippen LogP contribution in [0, 0.1) is 5.41 Å². The number of piperazine rings is 1. The SMILES string of the molecule is CC(=O)O[C@H]1[C@]2(O)C[C@]34SSSS[C@](CO)(C(=O)N3[C@@H]2C[C@@]12O[C@H](C)C(C)(C)C2=O)N(C)C4=O. The van der Waals surface area contributed by atoms with Gasteiger partial charge in [0, 0.05) is 26.8 Å². The van der Waals surface area contributed by atoms with E-state index >= 15 is 0 Å². The molecule has 6 rings (SSSR count). The Morgan fingerprint density at radius 2 is 1.85 bits per heavy atom. The first-order valence-corrected chi connectivity index (χ1v) is 15.6. The number of ether oxygens (including phenoxy) is 2. The molecule has 7 atom stereocenters. The molecule has 2 spiro atoms. The maximum Gasteiger partial charge on any atom is 0.303 e. The van der Waals surface area contributed by atoms with Crippen LogP contribution < -0.4 is 0 Å². The Labute approximate surface area is 211 Å². The smallest absolute Gasteiger partial charge is 0.303 e. The Morgan fingerprint density at radius 3 is 2.41 bits per heavy atom. The third-order valence-electron chi connectivity index (χ3n) is 8.15. The summed E-state index contributed by atoms with van der Waals surface area (Å²) in [4.78, 5) is 53.2. The Bertz CT molecular complexity index is 1010. The lowest BCUT2D eigenvalue weighted by molar-refractivity contribution is -0.189. The van der Waals surface area contributed by atoms with Crippen molar-refractivity contribution in [1.29, 1.82) is 0 Å². The molecule has 10 nitrogen and oxygen atoms in total. The van der Waals surface area contributed by atoms with E-state index in [-0.39, 0.29) is 18.6 Å². The number of esters is 1. The molecule has 5 saturated heterocycles. The molecule has 188 valence electrons. The summed E-state index contributed by atoms with van der Waals surface area (Å²) in [7, 11) is 6.26. The minimum atomic E-state index is -1.91. The number of ketones is 1. The van der Waals surface area contributed by atoms with Crippen LogP contribution in [0.4, 0.5) is 0 Å². The van der Waals surface area contributed by atoms with Crippen LogP contribution in [-0.4, -0.2) is 96.4 Å². The molecular formula is C20H26N2O8S4. The van der Waals surface area contributed by atoms with Gasteiger partial charge in [-0.2, -0.15) is 0 Å². The van der Waals surface area contributed by atoms with Crippen molar-refractivity contribution < 1.29 is 38.9 Å². The maximum atomic E-state index is 14.0. The average molecular weight is 551 g/mol. The van der Waals surface area contributed by atoms with Crippen molar-refractivity contribution in [1.82, 2.24) is 9.80 Å². The van der Waals surface area contributed by atoms with Crippen molar-refractivity contribution in [3.63, 3.8) is 0 Å². The summed E-state index contributed by atoms with van der Waals surface area (Å²) in [5.41, 5.74) is -4.48. The number of aliphatic hydroxyl groups is 2. The Hall–Kier alpha value is -0.640. The molecular weight excluding hydrogens is 524 g/mol. The van der Waals surface area contributed by atoms with Gasteiger partial charge in [0.25, 0.3) is 11.8 Å². The number of fused-ring (bicyclic) bond motifs is 5. The van der Waals surface area contributed by atoms with Gasteiger partial charge < -0.3 is 29.5 Å². The molecule has 6 fully saturated rings. The molecule has 1 aliphatic carbocycles. The number of rotatable bonds is 2. The normalized spacial score (nSPS) is 47.1. The quantitative estimate of drug-likeness (QED) is 0.375. The first-order chi connectivity index (χ1) is 15.7. The number of Topliss-reactive ketones (excluding diaryl/α,β-unsaturated/α-hetero) is 1. The van der Waals surface area contributed by atoms with E-state index in [2.05, 4.69) is 0 Å². The van der Waals surface area contributed by atoms with Gasteiger partial charge in [0.15, 0.2) is 22.4 Å². The molecule has 2 bridgehead atoms. The number of carbonyl (C=O) groups excluding carboxylic acids is 4. The zero-order valence-corrected chi connectivity index (χ0v) is 22.5. The number of nitrogens with zero attached hydrogens (tertiary/aromatic N) is 2. The Kier molecular flexibility index (Phi) is 5.48. The topological polar surface area (TPSA) is 134 Å². The Balaban J connectivity index is 1.69. The average Bonchev–Trinajstić information content (AvgIpc) is 3.21. The monoisotopic (exact) mass is 550 g/mol. The van der Waals surface area contributed by atoms with E-state index in [9.17, 15) is 29.4 Å². The first-order valence-electron chi connectivity index (χ1n) is 10.8. The van der Waals surface area contributed by atoms with Gasteiger partial charge in [-0.15, -0.1) is 0 Å². The maximum absolute atomic E-state index is 14.0. The van der Waals surface area contributed by atoms with E-state index in [1.807, 2.05) is 0 Å². The molecule has 2 amide bonds. The van der Waals surface area contributed by atoms with Crippen molar-refractivity contribution in [3.05, 3.63) is 0 Å². The number of hydrogen-bond donors (Lipinski definition) is 2. The third-order valence-corrected chi connectivity index (χ3v) is 15.4. The zero-order valence-electron chi connectivity index (χ0n) is 19.2. The van der Waals surface area contributed by atoms with Crippen molar-refractivity contribution in [3.8, 4) is 0 Å². The summed E-state index contributed by atoms with van der Waals surface area (Å²) in [6.07, 6.45) is -2.29. The van der Waals surface area contributed by atoms with Crippen LogP contribution >= 0.6 is 41.2 Å². The van der Waals surface area contributed by atoms with Gasteiger partial charge in [0.1, 0.15) is 5.60 Å². The summed E-state index contributed by atoms with van der Waals surface area (Å²) in [6, 6.07) is -1.03. The highest BCUT2D eigenvalue weighted by molar-refractivity contribution is 9.26. The number of carbonyl (C=O) groups is 4. The summed E-state index contributed by atoms with van der Waals surface area (Å²) in [5, 5.41) is 22.5. The molecule has 1 saturated carbocycles. The van der Waals surface area contributed by atoms with Crippen LogP contribution in [0.2, 0.25) is 0 Å². The molecule has 14 heteroatoms. The molecule has 2 N–H and O–H groups in total. The molecule has 0 radical (unpaired) electrons. The number of aliphatic hydroxyl groups excluding tert-OH is 1. The van der Waals surface area contributed by atoms with Crippen LogP contribution in [0.5, 0.6) is 0 Å². The molecule has 5 aliphatic heterocycles. The van der Waals surface area contributed by atoms with Crippen LogP contribution in [0.1, 0.15) is 40.5 Å². The van der Waals surface area contributed by atoms with E-state index in [4.69, 9.17) is 9.47 Å². The van der Waals surface area contributed by atoms with Crippen LogP contribution in [0.25, 0.3) is 0 Å². The van der Waals surface area contributed by atoms with E-state index in [1.165, 1.54) is 43.4 Å². The first kappa shape index (κ1) is 25.0. The lowest BCUT2D eigenvalue weighted by Crippen LogP contribution is -2.74. The van der Waals surface area contributed by atoms with Crippen molar-refractivity contribution in [2.45, 2.75) is 79.7 Å². The second-order valence-corrected chi connectivity index (χ2v) is 16.4. The Morgan fingerprint density at radius 1 is 1.21 bits per heavy atom. The zero-order chi connectivity index (χ0) is 25.1. The molecule has 0 unspecified atom stereocenters. The third kappa shape index (κ3) is 2.71. The van der Waals surface area contributed by atoms with Gasteiger partial charge >= 0.3 is 5.97 Å². The number of amides is 2. The molecule has 6 aliphatic rings. The lowest BCUT2D eigenvalue weighted by Gasteiger charge is -2.54. The van der Waals surface area contributed by atoms with Gasteiger partial charge in [0.2, 0.25) is 4.87 Å². The molecule has 34 heavy (non-hydrogen) atoms. The molecule has 5 heterocycles. The van der Waals surface area contributed by atoms with Gasteiger partial charge in [-0.3, -0.25) is 19.2 Å². The van der Waals surface area contributed by atoms with E-state index in [1.54, 1.807) is 20.8 Å². The highest BCUT2D eigenvalue weighted by Crippen LogP contribution is 2.69. The second-order valence-electron chi connectivity index (χ2n) is 10.1. The fourth-order valence-corrected chi connectivity index (χ4v) is 13.8. The highest BCUT2D eigenvalue weighted by Gasteiger charge is 2.83. The van der Waals surface area contributed by atoms with Crippen LogP contribution in [0.3, 0.4) is 0 Å². The van der Waals surface area contributed by atoms with Crippen LogP contribution in [-0.2, 0) is 28.7 Å². The van der Waals surface area contributed by atoms with Crippen molar-refractivity contribution >= 4 is 64.8 Å². The van der Waals surface area contributed by atoms with Crippen molar-refractivity contribution in [2.75, 3.05) is 13.7 Å². The number of likely N-dealkylation sites (N-methyl/N-ethyl adjacent to an activating group) is 1. The predicted octanol–water partition coefficient (Wildman–Crippen LogP) is 0.955. The predicted molar refractivity (Wildman–Crippen MR) is 128 cm³/mol. The van der Waals surface area contributed by atoms with E-state index < -0.39 is 69.0 Å². The van der Waals surface area contributed by atoms with E-state index in [0.29, 0.717) is 0 Å². The summed E-state index contributed by atoms with van der Waals surface area (Å²) >= 11 is 0. The summed E-state index contributed by atoms with van der Waals surface area (Å²) in [6.45, 7) is 5.79. The molecule has 0 aromatic rings. The van der Waals surface area contributed by atoms with Crippen molar-refractivity contribution in [2.24, 2.45) is 5.41 Å². The lowest BCUT2D eigenvalue weighted by atomic mass is 9.76. The highest BCUT2D eigenvalue weighted by atomic mass is 33.7. The minimum Gasteiger partial charge on any atom is -0.456 e. The molecule has 0 aromatic heterocycles. The molecule has 0 aromatic carbocycles. The fourth-order valence-electron chi connectivity index (χ4n) is 6.11. The van der Waals surface area contributed by atoms with Gasteiger partial charge in [-0.25, -0.2) is 0 Å². The minimum absolute atomic E-state index is 0.122. The summed E-state index contributed by atoms with van der Waals surface area (Å²) in [5.74, 6) is -1.98. The van der Waals surface area contributed by atoms with Gasteiger partial charge in [-0.05, 0) is 48.2 Å². The standard InChI is InChI=1S/C20H26N2O8S4/c1-9-16(3,4)12(25)18(30-9)6-11-17(28,13(18)29-10(2)24)7-19-14(26)21(5)20(8-23,15(27)22(11)19)32-34-33-31-19/h9,11,13,23,28H,6-8H2,1-5H3/t9-,11-,13+,17+,18+,19-,20-/m1/s1. The van der Waals surface area contributed by atoms with E-state index in [0.717, 1.165) is 21.6 Å².